The van der Waals surface area contributed by atoms with Crippen molar-refractivity contribution >= 4 is 23.2 Å². The van der Waals surface area contributed by atoms with Crippen LogP contribution in [0.2, 0.25) is 0 Å². The SMILES string of the molecule is CC(c1ccccc1)N(C)C(=O)CCNC(=O)c1cccs1. The fraction of sp³-hybridized carbons (Fsp3) is 0.294. The van der Waals surface area contributed by atoms with E-state index >= 15 is 0 Å². The number of nitrogens with one attached hydrogen (secondary N) is 1. The Kier molecular flexibility index (Phi) is 5.72. The van der Waals surface area contributed by atoms with Crippen LogP contribution in [0.4, 0.5) is 0 Å². The van der Waals surface area contributed by atoms with Gasteiger partial charge in [0.2, 0.25) is 5.91 Å². The first-order chi connectivity index (χ1) is 10.6. The van der Waals surface area contributed by atoms with Gasteiger partial charge >= 0.3 is 0 Å². The van der Waals surface area contributed by atoms with Crippen LogP contribution >= 0.6 is 11.3 Å². The first kappa shape index (κ1) is 16.2. The second-order valence-electron chi connectivity index (χ2n) is 5.07. The summed E-state index contributed by atoms with van der Waals surface area (Å²) in [5.41, 5.74) is 1.10. The average molecular weight is 316 g/mol. The van der Waals surface area contributed by atoms with E-state index in [-0.39, 0.29) is 17.9 Å². The Hall–Kier alpha value is -2.14. The van der Waals surface area contributed by atoms with Crippen molar-refractivity contribution in [3.8, 4) is 0 Å². The molecule has 1 aromatic carbocycles. The van der Waals surface area contributed by atoms with Gasteiger partial charge in [0, 0.05) is 20.0 Å². The minimum Gasteiger partial charge on any atom is -0.351 e. The van der Waals surface area contributed by atoms with Crippen LogP contribution in [0.25, 0.3) is 0 Å². The highest BCUT2D eigenvalue weighted by Crippen LogP contribution is 2.18. The smallest absolute Gasteiger partial charge is 0.261 e. The summed E-state index contributed by atoms with van der Waals surface area (Å²) in [6, 6.07) is 13.5. The Morgan fingerprint density at radius 1 is 1.18 bits per heavy atom. The monoisotopic (exact) mass is 316 g/mol. The molecule has 2 rings (SSSR count). The van der Waals surface area contributed by atoms with Gasteiger partial charge in [0.1, 0.15) is 0 Å². The number of rotatable bonds is 6. The van der Waals surface area contributed by atoms with Crippen molar-refractivity contribution in [1.29, 1.82) is 0 Å². The molecule has 0 saturated carbocycles. The lowest BCUT2D eigenvalue weighted by molar-refractivity contribution is -0.131. The zero-order valence-electron chi connectivity index (χ0n) is 12.8. The maximum absolute atomic E-state index is 12.2. The van der Waals surface area contributed by atoms with Crippen LogP contribution in [-0.2, 0) is 4.79 Å². The van der Waals surface area contributed by atoms with Gasteiger partial charge < -0.3 is 10.2 Å². The second-order valence-corrected chi connectivity index (χ2v) is 6.02. The highest BCUT2D eigenvalue weighted by molar-refractivity contribution is 7.12. The lowest BCUT2D eigenvalue weighted by Crippen LogP contribution is -2.33. The minimum absolute atomic E-state index is 0.0155. The Balaban J connectivity index is 1.80. The van der Waals surface area contributed by atoms with Gasteiger partial charge in [0.15, 0.2) is 0 Å². The fourth-order valence-electron chi connectivity index (χ4n) is 2.13. The van der Waals surface area contributed by atoms with Crippen LogP contribution in [-0.4, -0.2) is 30.3 Å². The van der Waals surface area contributed by atoms with E-state index in [9.17, 15) is 9.59 Å². The minimum atomic E-state index is -0.124. The van der Waals surface area contributed by atoms with Gasteiger partial charge in [-0.25, -0.2) is 0 Å². The molecule has 0 bridgehead atoms. The molecule has 22 heavy (non-hydrogen) atoms. The zero-order valence-corrected chi connectivity index (χ0v) is 13.6. The summed E-state index contributed by atoms with van der Waals surface area (Å²) in [7, 11) is 1.79. The summed E-state index contributed by atoms with van der Waals surface area (Å²) in [5, 5.41) is 4.63. The first-order valence-electron chi connectivity index (χ1n) is 7.22. The van der Waals surface area contributed by atoms with Crippen molar-refractivity contribution in [3.63, 3.8) is 0 Å². The maximum atomic E-state index is 12.2. The number of benzene rings is 1. The van der Waals surface area contributed by atoms with Gasteiger partial charge in [-0.2, -0.15) is 0 Å². The molecule has 0 saturated heterocycles. The molecule has 4 nitrogen and oxygen atoms in total. The number of amides is 2. The number of carbonyl (C=O) groups is 2. The molecule has 0 aliphatic rings. The van der Waals surface area contributed by atoms with E-state index < -0.39 is 0 Å². The van der Waals surface area contributed by atoms with Crippen molar-refractivity contribution in [2.45, 2.75) is 19.4 Å². The Morgan fingerprint density at radius 3 is 2.55 bits per heavy atom. The quantitative estimate of drug-likeness (QED) is 0.890. The molecule has 116 valence electrons. The van der Waals surface area contributed by atoms with Gasteiger partial charge in [0.05, 0.1) is 10.9 Å². The lowest BCUT2D eigenvalue weighted by Gasteiger charge is -2.25. The third kappa shape index (κ3) is 4.18. The molecule has 5 heteroatoms. The summed E-state index contributed by atoms with van der Waals surface area (Å²) in [6.45, 7) is 2.35. The van der Waals surface area contributed by atoms with Crippen LogP contribution in [0.1, 0.15) is 34.6 Å². The lowest BCUT2D eigenvalue weighted by atomic mass is 10.1. The first-order valence-corrected chi connectivity index (χ1v) is 8.10. The highest BCUT2D eigenvalue weighted by atomic mass is 32.1. The Bertz CT molecular complexity index is 611. The molecule has 0 fully saturated rings. The van der Waals surface area contributed by atoms with Gasteiger partial charge in [-0.3, -0.25) is 9.59 Å². The third-order valence-electron chi connectivity index (χ3n) is 3.63. The second kappa shape index (κ2) is 7.75. The van der Waals surface area contributed by atoms with Crippen molar-refractivity contribution in [3.05, 3.63) is 58.3 Å². The molecular formula is C17H20N2O2S. The van der Waals surface area contributed by atoms with Crippen molar-refractivity contribution in [2.75, 3.05) is 13.6 Å². The maximum Gasteiger partial charge on any atom is 0.261 e. The zero-order chi connectivity index (χ0) is 15.9. The van der Waals surface area contributed by atoms with Gasteiger partial charge in [-0.05, 0) is 23.9 Å². The molecule has 2 amide bonds. The van der Waals surface area contributed by atoms with Crippen molar-refractivity contribution in [1.82, 2.24) is 10.2 Å². The fourth-order valence-corrected chi connectivity index (χ4v) is 2.77. The average Bonchev–Trinajstić information content (AvgIpc) is 3.08. The Morgan fingerprint density at radius 2 is 1.91 bits per heavy atom. The molecule has 0 aliphatic carbocycles. The number of nitrogens with zero attached hydrogens (tertiary/aromatic N) is 1. The van der Waals surface area contributed by atoms with E-state index in [4.69, 9.17) is 0 Å². The van der Waals surface area contributed by atoms with Gasteiger partial charge in [-0.15, -0.1) is 11.3 Å². The van der Waals surface area contributed by atoms with Crippen molar-refractivity contribution < 1.29 is 9.59 Å². The van der Waals surface area contributed by atoms with Crippen LogP contribution < -0.4 is 5.32 Å². The van der Waals surface area contributed by atoms with E-state index in [0.29, 0.717) is 17.8 Å². The molecule has 1 atom stereocenters. The normalized spacial score (nSPS) is 11.7. The van der Waals surface area contributed by atoms with E-state index in [1.807, 2.05) is 48.7 Å². The van der Waals surface area contributed by atoms with Crippen LogP contribution in [0.3, 0.4) is 0 Å². The predicted octanol–water partition coefficient (Wildman–Crippen LogP) is 3.09. The summed E-state index contributed by atoms with van der Waals surface area (Å²) in [6.07, 6.45) is 0.296. The predicted molar refractivity (Wildman–Crippen MR) is 88.9 cm³/mol. The summed E-state index contributed by atoms with van der Waals surface area (Å²) in [4.78, 5) is 26.4. The van der Waals surface area contributed by atoms with Crippen LogP contribution in [0.5, 0.6) is 0 Å². The number of hydrogen-bond donors (Lipinski definition) is 1. The van der Waals surface area contributed by atoms with E-state index in [1.54, 1.807) is 18.0 Å². The highest BCUT2D eigenvalue weighted by Gasteiger charge is 2.17. The van der Waals surface area contributed by atoms with Gasteiger partial charge in [0.25, 0.3) is 5.91 Å². The third-order valence-corrected chi connectivity index (χ3v) is 4.49. The van der Waals surface area contributed by atoms with Crippen LogP contribution in [0, 0.1) is 0 Å². The standard InChI is InChI=1S/C17H20N2O2S/c1-13(14-7-4-3-5-8-14)19(2)16(20)10-11-18-17(21)15-9-6-12-22-15/h3-9,12-13H,10-11H2,1-2H3,(H,18,21). The molecule has 0 spiro atoms. The molecule has 1 unspecified atom stereocenters. The summed E-state index contributed by atoms with van der Waals surface area (Å²) < 4.78 is 0. The summed E-state index contributed by atoms with van der Waals surface area (Å²) in [5.74, 6) is -0.107. The molecule has 1 aromatic heterocycles. The molecule has 2 aromatic rings. The molecule has 0 aliphatic heterocycles. The summed E-state index contributed by atoms with van der Waals surface area (Å²) >= 11 is 1.39. The largest absolute Gasteiger partial charge is 0.351 e. The Labute approximate surface area is 134 Å². The number of thiophene rings is 1. The van der Waals surface area contributed by atoms with E-state index in [0.717, 1.165) is 5.56 Å². The molecular weight excluding hydrogens is 296 g/mol. The molecule has 0 radical (unpaired) electrons. The van der Waals surface area contributed by atoms with Crippen LogP contribution in [0.15, 0.2) is 47.8 Å². The topological polar surface area (TPSA) is 49.4 Å². The number of carbonyl (C=O) groups excluding carboxylic acids is 2. The molecule has 1 heterocycles. The van der Waals surface area contributed by atoms with E-state index in [1.165, 1.54) is 11.3 Å². The molecule has 1 N–H and O–H groups in total. The number of hydrogen-bond acceptors (Lipinski definition) is 3. The van der Waals surface area contributed by atoms with Crippen molar-refractivity contribution in [2.24, 2.45) is 0 Å². The van der Waals surface area contributed by atoms with Gasteiger partial charge in [-0.1, -0.05) is 36.4 Å². The van der Waals surface area contributed by atoms with E-state index in [2.05, 4.69) is 5.32 Å².